The average Bonchev–Trinajstić information content (AvgIpc) is 2.81. The minimum absolute atomic E-state index is 0.199. The van der Waals surface area contributed by atoms with Crippen molar-refractivity contribution < 1.29 is 19.0 Å². The van der Waals surface area contributed by atoms with Crippen molar-refractivity contribution in [1.82, 2.24) is 0 Å². The van der Waals surface area contributed by atoms with Gasteiger partial charge < -0.3 is 14.6 Å². The highest BCUT2D eigenvalue weighted by Gasteiger charge is 2.21. The van der Waals surface area contributed by atoms with Crippen LogP contribution in [-0.2, 0) is 4.74 Å². The topological polar surface area (TPSA) is 38.7 Å². The SMILES string of the molecule is COc1ccc(C(O)CC2CCOC2)cc1F. The van der Waals surface area contributed by atoms with Gasteiger partial charge >= 0.3 is 0 Å². The van der Waals surface area contributed by atoms with Gasteiger partial charge in [-0.05, 0) is 36.5 Å². The molecule has 0 radical (unpaired) electrons. The number of methoxy groups -OCH3 is 1. The molecule has 2 atom stereocenters. The third-order valence-corrected chi connectivity index (χ3v) is 3.14. The van der Waals surface area contributed by atoms with Crippen molar-refractivity contribution in [2.45, 2.75) is 18.9 Å². The Balaban J connectivity index is 2.02. The average molecular weight is 240 g/mol. The highest BCUT2D eigenvalue weighted by molar-refractivity contribution is 5.30. The summed E-state index contributed by atoms with van der Waals surface area (Å²) in [5.41, 5.74) is 0.593. The molecule has 1 heterocycles. The second-order valence-electron chi connectivity index (χ2n) is 4.38. The quantitative estimate of drug-likeness (QED) is 0.877. The van der Waals surface area contributed by atoms with Gasteiger partial charge in [0.25, 0.3) is 0 Å². The summed E-state index contributed by atoms with van der Waals surface area (Å²) in [7, 11) is 1.42. The third kappa shape index (κ3) is 2.96. The Kier molecular flexibility index (Phi) is 3.97. The molecule has 17 heavy (non-hydrogen) atoms. The fourth-order valence-electron chi connectivity index (χ4n) is 2.11. The lowest BCUT2D eigenvalue weighted by atomic mass is 9.96. The van der Waals surface area contributed by atoms with Gasteiger partial charge in [-0.25, -0.2) is 4.39 Å². The molecule has 1 aliphatic heterocycles. The smallest absolute Gasteiger partial charge is 0.165 e. The third-order valence-electron chi connectivity index (χ3n) is 3.14. The summed E-state index contributed by atoms with van der Waals surface area (Å²) >= 11 is 0. The predicted molar refractivity (Wildman–Crippen MR) is 61.5 cm³/mol. The van der Waals surface area contributed by atoms with E-state index in [1.54, 1.807) is 12.1 Å². The minimum atomic E-state index is -0.637. The maximum Gasteiger partial charge on any atom is 0.165 e. The van der Waals surface area contributed by atoms with Crippen LogP contribution < -0.4 is 4.74 Å². The number of benzene rings is 1. The van der Waals surface area contributed by atoms with E-state index in [1.165, 1.54) is 13.2 Å². The van der Waals surface area contributed by atoms with E-state index in [-0.39, 0.29) is 5.75 Å². The molecule has 1 fully saturated rings. The summed E-state index contributed by atoms with van der Waals surface area (Å²) in [6.07, 6.45) is 0.948. The number of aliphatic hydroxyl groups excluding tert-OH is 1. The first-order valence-corrected chi connectivity index (χ1v) is 5.80. The van der Waals surface area contributed by atoms with Gasteiger partial charge in [-0.15, -0.1) is 0 Å². The number of rotatable bonds is 4. The molecule has 0 aromatic heterocycles. The van der Waals surface area contributed by atoms with Crippen molar-refractivity contribution in [3.63, 3.8) is 0 Å². The molecule has 2 rings (SSSR count). The fraction of sp³-hybridized carbons (Fsp3) is 0.538. The predicted octanol–water partition coefficient (Wildman–Crippen LogP) is 2.29. The van der Waals surface area contributed by atoms with Crippen LogP contribution in [0.2, 0.25) is 0 Å². The highest BCUT2D eigenvalue weighted by atomic mass is 19.1. The van der Waals surface area contributed by atoms with Gasteiger partial charge in [-0.2, -0.15) is 0 Å². The summed E-state index contributed by atoms with van der Waals surface area (Å²) in [6.45, 7) is 1.45. The highest BCUT2D eigenvalue weighted by Crippen LogP contribution is 2.28. The first-order valence-electron chi connectivity index (χ1n) is 5.80. The Bertz CT molecular complexity index is 375. The Hall–Kier alpha value is -1.13. The zero-order valence-corrected chi connectivity index (χ0v) is 9.86. The van der Waals surface area contributed by atoms with Crippen molar-refractivity contribution >= 4 is 0 Å². The van der Waals surface area contributed by atoms with Crippen LogP contribution in [-0.4, -0.2) is 25.4 Å². The van der Waals surface area contributed by atoms with E-state index in [4.69, 9.17) is 9.47 Å². The van der Waals surface area contributed by atoms with Gasteiger partial charge in [0.1, 0.15) is 0 Å². The number of ether oxygens (including phenoxy) is 2. The van der Waals surface area contributed by atoms with Crippen LogP contribution in [0.3, 0.4) is 0 Å². The van der Waals surface area contributed by atoms with E-state index >= 15 is 0 Å². The van der Waals surface area contributed by atoms with E-state index < -0.39 is 11.9 Å². The Morgan fingerprint density at radius 2 is 2.41 bits per heavy atom. The second kappa shape index (κ2) is 5.47. The van der Waals surface area contributed by atoms with Crippen LogP contribution in [0, 0.1) is 11.7 Å². The van der Waals surface area contributed by atoms with Gasteiger partial charge in [0, 0.05) is 13.2 Å². The molecular weight excluding hydrogens is 223 g/mol. The van der Waals surface area contributed by atoms with Gasteiger partial charge in [-0.1, -0.05) is 6.07 Å². The van der Waals surface area contributed by atoms with Gasteiger partial charge in [-0.3, -0.25) is 0 Å². The lowest BCUT2D eigenvalue weighted by Crippen LogP contribution is -2.07. The van der Waals surface area contributed by atoms with E-state index in [0.29, 0.717) is 24.5 Å². The lowest BCUT2D eigenvalue weighted by Gasteiger charge is -2.15. The Labute approximate surface area is 100 Å². The molecule has 0 saturated carbocycles. The van der Waals surface area contributed by atoms with Crippen molar-refractivity contribution in [1.29, 1.82) is 0 Å². The zero-order valence-electron chi connectivity index (χ0n) is 9.86. The number of hydrogen-bond acceptors (Lipinski definition) is 3. The van der Waals surface area contributed by atoms with Gasteiger partial charge in [0.15, 0.2) is 11.6 Å². The van der Waals surface area contributed by atoms with Crippen LogP contribution in [0.1, 0.15) is 24.5 Å². The molecule has 0 spiro atoms. The first kappa shape index (κ1) is 12.3. The van der Waals surface area contributed by atoms with Crippen LogP contribution in [0.25, 0.3) is 0 Å². The van der Waals surface area contributed by atoms with Crippen molar-refractivity contribution in [2.24, 2.45) is 5.92 Å². The molecule has 94 valence electrons. The number of halogens is 1. The minimum Gasteiger partial charge on any atom is -0.494 e. The zero-order chi connectivity index (χ0) is 12.3. The summed E-state index contributed by atoms with van der Waals surface area (Å²) in [5, 5.41) is 10.0. The van der Waals surface area contributed by atoms with Crippen LogP contribution in [0.4, 0.5) is 4.39 Å². The lowest BCUT2D eigenvalue weighted by molar-refractivity contribution is 0.129. The fourth-order valence-corrected chi connectivity index (χ4v) is 2.11. The molecule has 0 amide bonds. The first-order chi connectivity index (χ1) is 8.20. The summed E-state index contributed by atoms with van der Waals surface area (Å²) in [5.74, 6) is 0.132. The molecule has 1 aromatic rings. The Morgan fingerprint density at radius 1 is 1.59 bits per heavy atom. The van der Waals surface area contributed by atoms with Crippen LogP contribution in [0.5, 0.6) is 5.75 Å². The van der Waals surface area contributed by atoms with E-state index in [2.05, 4.69) is 0 Å². The van der Waals surface area contributed by atoms with Crippen molar-refractivity contribution in [3.05, 3.63) is 29.6 Å². The maximum atomic E-state index is 13.5. The molecule has 0 bridgehead atoms. The molecule has 1 aromatic carbocycles. The van der Waals surface area contributed by atoms with Crippen LogP contribution >= 0.6 is 0 Å². The van der Waals surface area contributed by atoms with Gasteiger partial charge in [0.2, 0.25) is 0 Å². The normalized spacial score (nSPS) is 21.5. The molecule has 1 N–H and O–H groups in total. The summed E-state index contributed by atoms with van der Waals surface area (Å²) in [4.78, 5) is 0. The van der Waals surface area contributed by atoms with Crippen molar-refractivity contribution in [2.75, 3.05) is 20.3 Å². The molecule has 3 nitrogen and oxygen atoms in total. The second-order valence-corrected chi connectivity index (χ2v) is 4.38. The summed E-state index contributed by atoms with van der Waals surface area (Å²) < 4.78 is 23.5. The van der Waals surface area contributed by atoms with Crippen LogP contribution in [0.15, 0.2) is 18.2 Å². The molecule has 0 aliphatic carbocycles. The van der Waals surface area contributed by atoms with Gasteiger partial charge in [0.05, 0.1) is 13.2 Å². The maximum absolute atomic E-state index is 13.5. The molecular formula is C13H17FO3. The summed E-state index contributed by atoms with van der Waals surface area (Å²) in [6, 6.07) is 4.57. The van der Waals surface area contributed by atoms with Crippen molar-refractivity contribution in [3.8, 4) is 5.75 Å². The largest absolute Gasteiger partial charge is 0.494 e. The standard InChI is InChI=1S/C13H17FO3/c1-16-13-3-2-10(7-11(13)14)12(15)6-9-4-5-17-8-9/h2-3,7,9,12,15H,4-6,8H2,1H3. The van der Waals surface area contributed by atoms with E-state index in [0.717, 1.165) is 13.0 Å². The number of aliphatic hydroxyl groups is 1. The molecule has 1 saturated heterocycles. The van der Waals surface area contributed by atoms with E-state index in [1.807, 2.05) is 0 Å². The molecule has 4 heteroatoms. The molecule has 1 aliphatic rings. The monoisotopic (exact) mass is 240 g/mol. The number of hydrogen-bond donors (Lipinski definition) is 1. The Morgan fingerprint density at radius 3 is 3.00 bits per heavy atom. The molecule has 2 unspecified atom stereocenters. The van der Waals surface area contributed by atoms with E-state index in [9.17, 15) is 9.50 Å².